The van der Waals surface area contributed by atoms with Crippen molar-refractivity contribution >= 4 is 17.6 Å². The quantitative estimate of drug-likeness (QED) is 0.494. The molecule has 5 nitrogen and oxygen atoms in total. The summed E-state index contributed by atoms with van der Waals surface area (Å²) in [5.41, 5.74) is 2.91. The summed E-state index contributed by atoms with van der Waals surface area (Å²) in [6, 6.07) is 14.4. The van der Waals surface area contributed by atoms with Gasteiger partial charge in [0.2, 0.25) is 5.91 Å². The highest BCUT2D eigenvalue weighted by atomic mass is 19.1. The number of hydrogen-bond acceptors (Lipinski definition) is 2. The molecule has 144 valence electrons. The second-order valence-electron chi connectivity index (χ2n) is 6.20. The minimum atomic E-state index is -0.211. The van der Waals surface area contributed by atoms with Gasteiger partial charge in [0, 0.05) is 32.2 Å². The average molecular weight is 370 g/mol. The van der Waals surface area contributed by atoms with Crippen molar-refractivity contribution in [2.45, 2.75) is 26.7 Å². The third kappa shape index (κ3) is 7.90. The minimum Gasteiger partial charge on any atom is -0.357 e. The van der Waals surface area contributed by atoms with Gasteiger partial charge in [-0.2, -0.15) is 0 Å². The monoisotopic (exact) mass is 370 g/mol. The molecule has 6 heteroatoms. The molecule has 0 heterocycles. The van der Waals surface area contributed by atoms with Crippen LogP contribution in [0.15, 0.2) is 53.5 Å². The van der Waals surface area contributed by atoms with Crippen LogP contribution in [0.4, 0.5) is 10.1 Å². The van der Waals surface area contributed by atoms with Gasteiger partial charge in [-0.05, 0) is 55.2 Å². The summed E-state index contributed by atoms with van der Waals surface area (Å²) in [4.78, 5) is 15.6. The molecule has 0 aliphatic carbocycles. The summed E-state index contributed by atoms with van der Waals surface area (Å²) in [5.74, 6) is 0.466. The maximum atomic E-state index is 13.2. The number of nitrogens with one attached hydrogen (secondary N) is 3. The van der Waals surface area contributed by atoms with Gasteiger partial charge >= 0.3 is 0 Å². The van der Waals surface area contributed by atoms with E-state index in [2.05, 4.69) is 20.9 Å². The van der Waals surface area contributed by atoms with E-state index in [-0.39, 0.29) is 11.7 Å². The van der Waals surface area contributed by atoms with Gasteiger partial charge in [-0.25, -0.2) is 4.39 Å². The predicted octanol–water partition coefficient (Wildman–Crippen LogP) is 3.12. The Kier molecular flexibility index (Phi) is 8.29. The number of amides is 1. The fourth-order valence-electron chi connectivity index (χ4n) is 2.61. The van der Waals surface area contributed by atoms with Crippen LogP contribution in [0, 0.1) is 5.82 Å². The molecular formula is C21H27FN4O. The number of benzene rings is 2. The van der Waals surface area contributed by atoms with E-state index in [9.17, 15) is 9.18 Å². The van der Waals surface area contributed by atoms with E-state index in [0.29, 0.717) is 13.1 Å². The van der Waals surface area contributed by atoms with Crippen LogP contribution in [-0.4, -0.2) is 31.5 Å². The largest absolute Gasteiger partial charge is 0.357 e. The highest BCUT2D eigenvalue weighted by Crippen LogP contribution is 2.10. The first kappa shape index (κ1) is 20.4. The number of hydrogen-bond donors (Lipinski definition) is 3. The molecule has 0 fully saturated rings. The number of rotatable bonds is 8. The van der Waals surface area contributed by atoms with Gasteiger partial charge in [-0.15, -0.1) is 0 Å². The predicted molar refractivity (Wildman–Crippen MR) is 109 cm³/mol. The van der Waals surface area contributed by atoms with Crippen LogP contribution in [0.2, 0.25) is 0 Å². The summed E-state index contributed by atoms with van der Waals surface area (Å²) in [5, 5.41) is 9.24. The normalized spacial score (nSPS) is 11.1. The van der Waals surface area contributed by atoms with E-state index in [1.165, 1.54) is 13.0 Å². The zero-order valence-corrected chi connectivity index (χ0v) is 15.9. The lowest BCUT2D eigenvalue weighted by molar-refractivity contribution is -0.114. The number of anilines is 1. The van der Waals surface area contributed by atoms with Crippen LogP contribution in [-0.2, 0) is 17.6 Å². The minimum absolute atomic E-state index is 0.0769. The third-order valence-corrected chi connectivity index (χ3v) is 3.88. The van der Waals surface area contributed by atoms with E-state index < -0.39 is 0 Å². The topological polar surface area (TPSA) is 65.5 Å². The third-order valence-electron chi connectivity index (χ3n) is 3.88. The Labute approximate surface area is 160 Å². The van der Waals surface area contributed by atoms with Crippen molar-refractivity contribution in [1.29, 1.82) is 0 Å². The first-order valence-corrected chi connectivity index (χ1v) is 9.20. The lowest BCUT2D eigenvalue weighted by Crippen LogP contribution is -2.38. The number of guanidine groups is 1. The van der Waals surface area contributed by atoms with Crippen LogP contribution in [0.5, 0.6) is 0 Å². The molecule has 2 aromatic carbocycles. The van der Waals surface area contributed by atoms with Crippen LogP contribution in [0.3, 0.4) is 0 Å². The highest BCUT2D eigenvalue weighted by molar-refractivity contribution is 5.88. The lowest BCUT2D eigenvalue weighted by Gasteiger charge is -2.11. The molecule has 0 spiro atoms. The zero-order chi connectivity index (χ0) is 19.5. The Balaban J connectivity index is 1.81. The molecule has 0 saturated heterocycles. The first-order valence-electron chi connectivity index (χ1n) is 9.20. The summed E-state index contributed by atoms with van der Waals surface area (Å²) in [6.07, 6.45) is 1.54. The molecule has 0 radical (unpaired) electrons. The van der Waals surface area contributed by atoms with E-state index in [0.717, 1.165) is 42.2 Å². The van der Waals surface area contributed by atoms with Crippen LogP contribution in [0.25, 0.3) is 0 Å². The van der Waals surface area contributed by atoms with Gasteiger partial charge in [-0.3, -0.25) is 9.79 Å². The molecule has 0 aliphatic heterocycles. The molecule has 27 heavy (non-hydrogen) atoms. The van der Waals surface area contributed by atoms with E-state index in [4.69, 9.17) is 0 Å². The smallest absolute Gasteiger partial charge is 0.221 e. The van der Waals surface area contributed by atoms with Gasteiger partial charge < -0.3 is 16.0 Å². The first-order chi connectivity index (χ1) is 13.1. The fourth-order valence-corrected chi connectivity index (χ4v) is 2.61. The van der Waals surface area contributed by atoms with Crippen molar-refractivity contribution in [3.05, 3.63) is 65.5 Å². The number of aliphatic imine (C=N–C) groups is 1. The SMILES string of the molecule is CCNC(=NCCc1ccc(NC(C)=O)cc1)NCCc1cccc(F)c1. The highest BCUT2D eigenvalue weighted by Gasteiger charge is 2.00. The number of nitrogens with zero attached hydrogens (tertiary/aromatic N) is 1. The van der Waals surface area contributed by atoms with Gasteiger partial charge in [0.25, 0.3) is 0 Å². The van der Waals surface area contributed by atoms with Crippen molar-refractivity contribution in [1.82, 2.24) is 10.6 Å². The molecule has 0 unspecified atom stereocenters. The summed E-state index contributed by atoms with van der Waals surface area (Å²) in [6.45, 7) is 5.61. The molecule has 0 aromatic heterocycles. The number of carbonyl (C=O) groups is 1. The Morgan fingerprint density at radius 3 is 2.48 bits per heavy atom. The lowest BCUT2D eigenvalue weighted by atomic mass is 10.1. The van der Waals surface area contributed by atoms with E-state index >= 15 is 0 Å². The van der Waals surface area contributed by atoms with Crippen LogP contribution < -0.4 is 16.0 Å². The Bertz CT molecular complexity index is 759. The Morgan fingerprint density at radius 2 is 1.81 bits per heavy atom. The molecule has 0 saturated carbocycles. The standard InChI is InChI=1S/C21H27FN4O/c1-3-23-21(25-14-12-18-5-4-6-19(22)15-18)24-13-11-17-7-9-20(10-8-17)26-16(2)27/h4-10,15H,3,11-14H2,1-2H3,(H,26,27)(H2,23,24,25). The number of carbonyl (C=O) groups excluding carboxylic acids is 1. The number of halogens is 1. The van der Waals surface area contributed by atoms with Crippen molar-refractivity contribution in [2.75, 3.05) is 25.0 Å². The van der Waals surface area contributed by atoms with Gasteiger partial charge in [0.15, 0.2) is 5.96 Å². The molecule has 0 atom stereocenters. The van der Waals surface area contributed by atoms with E-state index in [1.54, 1.807) is 12.1 Å². The molecular weight excluding hydrogens is 343 g/mol. The Hall–Kier alpha value is -2.89. The Morgan fingerprint density at radius 1 is 1.04 bits per heavy atom. The maximum Gasteiger partial charge on any atom is 0.221 e. The average Bonchev–Trinajstić information content (AvgIpc) is 2.63. The molecule has 0 aliphatic rings. The fraction of sp³-hybridized carbons (Fsp3) is 0.333. The van der Waals surface area contributed by atoms with Gasteiger partial charge in [0.05, 0.1) is 0 Å². The van der Waals surface area contributed by atoms with Crippen molar-refractivity contribution < 1.29 is 9.18 Å². The zero-order valence-electron chi connectivity index (χ0n) is 15.9. The van der Waals surface area contributed by atoms with Crippen molar-refractivity contribution in [3.8, 4) is 0 Å². The second kappa shape index (κ2) is 11.0. The molecule has 3 N–H and O–H groups in total. The molecule has 0 bridgehead atoms. The maximum absolute atomic E-state index is 13.2. The van der Waals surface area contributed by atoms with Gasteiger partial charge in [0.1, 0.15) is 5.82 Å². The van der Waals surface area contributed by atoms with Gasteiger partial charge in [-0.1, -0.05) is 24.3 Å². The summed E-state index contributed by atoms with van der Waals surface area (Å²) >= 11 is 0. The second-order valence-corrected chi connectivity index (χ2v) is 6.20. The van der Waals surface area contributed by atoms with Crippen LogP contribution in [0.1, 0.15) is 25.0 Å². The molecule has 1 amide bonds. The summed E-state index contributed by atoms with van der Waals surface area (Å²) < 4.78 is 13.2. The summed E-state index contributed by atoms with van der Waals surface area (Å²) in [7, 11) is 0. The molecule has 2 rings (SSSR count). The van der Waals surface area contributed by atoms with Crippen LogP contribution >= 0.6 is 0 Å². The van der Waals surface area contributed by atoms with Crippen molar-refractivity contribution in [2.24, 2.45) is 4.99 Å². The van der Waals surface area contributed by atoms with E-state index in [1.807, 2.05) is 37.3 Å². The molecule has 2 aromatic rings. The van der Waals surface area contributed by atoms with Crippen molar-refractivity contribution in [3.63, 3.8) is 0 Å².